The van der Waals surface area contributed by atoms with Crippen molar-refractivity contribution >= 4 is 34.7 Å². The van der Waals surface area contributed by atoms with Crippen molar-refractivity contribution in [3.8, 4) is 0 Å². The van der Waals surface area contributed by atoms with E-state index in [2.05, 4.69) is 38.5 Å². The summed E-state index contributed by atoms with van der Waals surface area (Å²) < 4.78 is 0. The first-order chi connectivity index (χ1) is 14.6. The number of nitrogens with zero attached hydrogens (tertiary/aromatic N) is 2. The van der Waals surface area contributed by atoms with Crippen LogP contribution in [0.15, 0.2) is 63.9 Å². The SMILES string of the molecule is NC(N)=NCCCNCc1ccc(N2C=C3C=C(c4ccsc4)NC3NC2=O)cc1. The van der Waals surface area contributed by atoms with Crippen molar-refractivity contribution < 1.29 is 4.79 Å². The molecule has 0 bridgehead atoms. The normalized spacial score (nSPS) is 17.5. The molecule has 1 unspecified atom stereocenters. The molecule has 1 aromatic heterocycles. The molecule has 3 heterocycles. The lowest BCUT2D eigenvalue weighted by molar-refractivity contribution is 0.244. The highest BCUT2D eigenvalue weighted by Gasteiger charge is 2.31. The molecule has 1 aromatic carbocycles. The minimum Gasteiger partial charge on any atom is -0.370 e. The van der Waals surface area contributed by atoms with Crippen molar-refractivity contribution in [3.63, 3.8) is 0 Å². The summed E-state index contributed by atoms with van der Waals surface area (Å²) in [5, 5.41) is 13.9. The van der Waals surface area contributed by atoms with E-state index in [0.717, 1.165) is 47.6 Å². The molecule has 9 heteroatoms. The number of amides is 2. The fraction of sp³-hybridized carbons (Fsp3) is 0.238. The van der Waals surface area contributed by atoms with Crippen LogP contribution in [0.1, 0.15) is 17.5 Å². The summed E-state index contributed by atoms with van der Waals surface area (Å²) in [5.41, 5.74) is 15.8. The molecule has 0 fully saturated rings. The molecule has 0 radical (unpaired) electrons. The predicted molar refractivity (Wildman–Crippen MR) is 122 cm³/mol. The third kappa shape index (κ3) is 4.64. The number of guanidine groups is 1. The van der Waals surface area contributed by atoms with E-state index in [-0.39, 0.29) is 18.2 Å². The molecule has 7 N–H and O–H groups in total. The number of hydrogen-bond acceptors (Lipinski definition) is 5. The summed E-state index contributed by atoms with van der Waals surface area (Å²) in [6.45, 7) is 2.19. The van der Waals surface area contributed by atoms with E-state index in [1.807, 2.05) is 35.8 Å². The highest BCUT2D eigenvalue weighted by molar-refractivity contribution is 7.08. The second kappa shape index (κ2) is 9.02. The number of rotatable bonds is 8. The Labute approximate surface area is 179 Å². The lowest BCUT2D eigenvalue weighted by atomic mass is 10.1. The van der Waals surface area contributed by atoms with Gasteiger partial charge in [-0.2, -0.15) is 11.3 Å². The third-order valence-corrected chi connectivity index (χ3v) is 5.57. The second-order valence-corrected chi connectivity index (χ2v) is 7.88. The van der Waals surface area contributed by atoms with Crippen LogP contribution in [0.25, 0.3) is 5.70 Å². The Hall–Kier alpha value is -3.30. The average molecular weight is 424 g/mol. The van der Waals surface area contributed by atoms with Crippen molar-refractivity contribution in [3.05, 3.63) is 70.1 Å². The molecule has 2 aliphatic heterocycles. The molecule has 2 aromatic rings. The molecule has 2 aliphatic rings. The second-order valence-electron chi connectivity index (χ2n) is 7.10. The van der Waals surface area contributed by atoms with E-state index < -0.39 is 0 Å². The summed E-state index contributed by atoms with van der Waals surface area (Å²) in [6.07, 6.45) is 4.66. The highest BCUT2D eigenvalue weighted by atomic mass is 32.1. The predicted octanol–water partition coefficient (Wildman–Crippen LogP) is 1.89. The van der Waals surface area contributed by atoms with E-state index >= 15 is 0 Å². The fourth-order valence-electron chi connectivity index (χ4n) is 3.36. The molecule has 0 saturated heterocycles. The molecule has 0 aliphatic carbocycles. The molecule has 1 atom stereocenters. The third-order valence-electron chi connectivity index (χ3n) is 4.89. The minimum absolute atomic E-state index is 0.125. The van der Waals surface area contributed by atoms with Crippen LogP contribution in [0.5, 0.6) is 0 Å². The van der Waals surface area contributed by atoms with Crippen LogP contribution >= 0.6 is 11.3 Å². The number of anilines is 1. The van der Waals surface area contributed by atoms with Gasteiger partial charge in [-0.3, -0.25) is 9.89 Å². The number of fused-ring (bicyclic) bond motifs is 1. The van der Waals surface area contributed by atoms with Gasteiger partial charge in [0, 0.05) is 41.5 Å². The number of benzene rings is 1. The highest BCUT2D eigenvalue weighted by Crippen LogP contribution is 2.28. The van der Waals surface area contributed by atoms with Crippen molar-refractivity contribution in [2.45, 2.75) is 19.1 Å². The largest absolute Gasteiger partial charge is 0.370 e. The van der Waals surface area contributed by atoms with Gasteiger partial charge in [-0.05, 0) is 48.2 Å². The molecule has 2 amide bonds. The van der Waals surface area contributed by atoms with Crippen molar-refractivity contribution in [1.82, 2.24) is 16.0 Å². The summed E-state index contributed by atoms with van der Waals surface area (Å²) in [5.74, 6) is 0.125. The number of nitrogens with two attached hydrogens (primary N) is 2. The maximum absolute atomic E-state index is 12.6. The minimum atomic E-state index is -0.189. The van der Waals surface area contributed by atoms with Gasteiger partial charge in [0.25, 0.3) is 0 Å². The van der Waals surface area contributed by atoms with Crippen LogP contribution in [0.2, 0.25) is 0 Å². The van der Waals surface area contributed by atoms with Crippen molar-refractivity contribution in [1.29, 1.82) is 0 Å². The average Bonchev–Trinajstić information content (AvgIpc) is 3.39. The fourth-order valence-corrected chi connectivity index (χ4v) is 4.01. The lowest BCUT2D eigenvalue weighted by Gasteiger charge is -2.29. The number of carbonyl (C=O) groups excluding carboxylic acids is 1. The Kier molecular flexibility index (Phi) is 6.01. The Bertz CT molecular complexity index is 975. The van der Waals surface area contributed by atoms with E-state index in [1.165, 1.54) is 0 Å². The Morgan fingerprint density at radius 1 is 1.20 bits per heavy atom. The van der Waals surface area contributed by atoms with Gasteiger partial charge in [0.2, 0.25) is 0 Å². The number of aliphatic imine (C=N–C) groups is 1. The van der Waals surface area contributed by atoms with Gasteiger partial charge in [0.1, 0.15) is 6.17 Å². The maximum Gasteiger partial charge on any atom is 0.327 e. The molecule has 30 heavy (non-hydrogen) atoms. The van der Waals surface area contributed by atoms with Crippen LogP contribution < -0.4 is 32.3 Å². The monoisotopic (exact) mass is 423 g/mol. The molecule has 156 valence electrons. The van der Waals surface area contributed by atoms with Crippen LogP contribution in [-0.2, 0) is 6.54 Å². The number of nitrogens with one attached hydrogen (secondary N) is 3. The van der Waals surface area contributed by atoms with Gasteiger partial charge in [-0.1, -0.05) is 12.1 Å². The zero-order chi connectivity index (χ0) is 20.9. The van der Waals surface area contributed by atoms with Gasteiger partial charge >= 0.3 is 6.03 Å². The van der Waals surface area contributed by atoms with Crippen LogP contribution in [-0.4, -0.2) is 31.2 Å². The maximum atomic E-state index is 12.6. The summed E-state index contributed by atoms with van der Waals surface area (Å²) in [4.78, 5) is 18.2. The Morgan fingerprint density at radius 2 is 2.03 bits per heavy atom. The van der Waals surface area contributed by atoms with Gasteiger partial charge < -0.3 is 27.4 Å². The first-order valence-electron chi connectivity index (χ1n) is 9.77. The van der Waals surface area contributed by atoms with Crippen LogP contribution in [0, 0.1) is 0 Å². The zero-order valence-electron chi connectivity index (χ0n) is 16.5. The standard InChI is InChI=1S/C21H25N7OS/c22-20(23)25-8-1-7-24-11-14-2-4-17(5-3-14)28-12-16-10-18(15-6-9-30-13-15)26-19(16)27-21(28)29/h2-6,9-10,12-13,19,24,26H,1,7-8,11H2,(H,27,29)(H4,22,23,25). The van der Waals surface area contributed by atoms with E-state index in [4.69, 9.17) is 11.5 Å². The van der Waals surface area contributed by atoms with Gasteiger partial charge in [0.05, 0.1) is 5.69 Å². The lowest BCUT2D eigenvalue weighted by Crippen LogP contribution is -2.51. The number of thiophene rings is 1. The summed E-state index contributed by atoms with van der Waals surface area (Å²) in [7, 11) is 0. The number of hydrogen-bond donors (Lipinski definition) is 5. The smallest absolute Gasteiger partial charge is 0.327 e. The van der Waals surface area contributed by atoms with E-state index in [1.54, 1.807) is 16.2 Å². The first-order valence-corrected chi connectivity index (χ1v) is 10.7. The molecule has 8 nitrogen and oxygen atoms in total. The Morgan fingerprint density at radius 3 is 2.77 bits per heavy atom. The van der Waals surface area contributed by atoms with Gasteiger partial charge in [-0.15, -0.1) is 0 Å². The molecular weight excluding hydrogens is 398 g/mol. The molecule has 0 saturated carbocycles. The number of carbonyl (C=O) groups is 1. The summed E-state index contributed by atoms with van der Waals surface area (Å²) >= 11 is 1.65. The zero-order valence-corrected chi connectivity index (χ0v) is 17.3. The summed E-state index contributed by atoms with van der Waals surface area (Å²) in [6, 6.07) is 9.88. The van der Waals surface area contributed by atoms with Gasteiger partial charge in [0.15, 0.2) is 5.96 Å². The van der Waals surface area contributed by atoms with Crippen molar-refractivity contribution in [2.75, 3.05) is 18.0 Å². The number of urea groups is 1. The van der Waals surface area contributed by atoms with Crippen molar-refractivity contribution in [2.24, 2.45) is 16.5 Å². The Balaban J connectivity index is 1.37. The van der Waals surface area contributed by atoms with E-state index in [9.17, 15) is 4.79 Å². The molecular formula is C21H25N7OS. The molecule has 4 rings (SSSR count). The topological polar surface area (TPSA) is 121 Å². The first kappa shape index (κ1) is 20.0. The van der Waals surface area contributed by atoms with E-state index in [0.29, 0.717) is 6.54 Å². The van der Waals surface area contributed by atoms with Crippen LogP contribution in [0.4, 0.5) is 10.5 Å². The van der Waals surface area contributed by atoms with Crippen LogP contribution in [0.3, 0.4) is 0 Å². The quantitative estimate of drug-likeness (QED) is 0.252. The molecule has 0 spiro atoms. The van der Waals surface area contributed by atoms with Gasteiger partial charge in [-0.25, -0.2) is 4.79 Å².